The van der Waals surface area contributed by atoms with E-state index in [1.807, 2.05) is 55.5 Å². The zero-order chi connectivity index (χ0) is 42.3. The first-order chi connectivity index (χ1) is 29.4. The van der Waals surface area contributed by atoms with Crippen molar-refractivity contribution < 1.29 is 43.2 Å². The average Bonchev–Trinajstić information content (AvgIpc) is 3.26. The Bertz CT molecular complexity index is 1940. The zero-order valence-electron chi connectivity index (χ0n) is 34.9. The fourth-order valence-electron chi connectivity index (χ4n) is 9.20. The van der Waals surface area contributed by atoms with E-state index in [-0.39, 0.29) is 69.6 Å². The predicted octanol–water partition coefficient (Wildman–Crippen LogP) is 9.66. The Morgan fingerprint density at radius 2 is 1.75 bits per heavy atom. The first kappa shape index (κ1) is 44.6. The maximum atomic E-state index is 14.7. The third kappa shape index (κ3) is 10.3. The summed E-state index contributed by atoms with van der Waals surface area (Å²) in [5.74, 6) is -1.23. The van der Waals surface area contributed by atoms with Gasteiger partial charge in [0.2, 0.25) is 5.79 Å². The van der Waals surface area contributed by atoms with Crippen molar-refractivity contribution in [2.75, 3.05) is 33.0 Å². The van der Waals surface area contributed by atoms with Gasteiger partial charge in [0.25, 0.3) is 0 Å². The van der Waals surface area contributed by atoms with E-state index in [9.17, 15) is 19.4 Å². The molecule has 1 aliphatic heterocycles. The van der Waals surface area contributed by atoms with Crippen LogP contribution in [0.3, 0.4) is 0 Å². The van der Waals surface area contributed by atoms with Crippen LogP contribution in [0.4, 0.5) is 9.18 Å². The number of carbonyl (C=O) groups is 1. The summed E-state index contributed by atoms with van der Waals surface area (Å²) in [5.41, 5.74) is 3.95. The lowest BCUT2D eigenvalue weighted by Gasteiger charge is -2.59. The van der Waals surface area contributed by atoms with Gasteiger partial charge in [0, 0.05) is 43.2 Å². The van der Waals surface area contributed by atoms with Gasteiger partial charge in [0.05, 0.1) is 24.8 Å². The lowest BCUT2D eigenvalue weighted by atomic mass is 9.55. The van der Waals surface area contributed by atoms with Crippen molar-refractivity contribution in [3.05, 3.63) is 132 Å². The smallest absolute Gasteiger partial charge is 0.410 e. The number of nitrogens with zero attached hydrogens (tertiary/aromatic N) is 2. The van der Waals surface area contributed by atoms with E-state index < -0.39 is 23.8 Å². The largest absolute Gasteiger partial charge is 0.489 e. The van der Waals surface area contributed by atoms with Gasteiger partial charge in [0.1, 0.15) is 36.6 Å². The van der Waals surface area contributed by atoms with Crippen molar-refractivity contribution in [1.29, 1.82) is 0 Å². The molecule has 3 aromatic rings. The van der Waals surface area contributed by atoms with E-state index in [0.29, 0.717) is 55.0 Å². The molecule has 6 unspecified atom stereocenters. The molecule has 322 valence electrons. The van der Waals surface area contributed by atoms with Gasteiger partial charge in [-0.3, -0.25) is 4.90 Å². The van der Waals surface area contributed by atoms with Crippen LogP contribution in [-0.2, 0) is 27.5 Å². The monoisotopic (exact) mass is 824 g/mol. The highest BCUT2D eigenvalue weighted by atomic mass is 19.1. The first-order valence-corrected chi connectivity index (χ1v) is 21.5. The standard InChI is InChI=1S/C49H61FN2O8/c1-4-7-29-56-48(55)52(25-5-2)45-32-43(51-59-33-35-17-9-8-10-18-35)40-30-36(19-13-15-26-53)39(21-14-16-27-54)46-41-31-38(57-34-37-20-11-12-22-42(37)50)23-24-44(41)60-49(45,47(40)46)58-28-6-3/h4,6,8-12,17-18,20,22-24,30-31,36,39,45-47,53-54H,1,3,5,7,13-16,19,21,25-29,32-34H2,2H3. The average molecular weight is 825 g/mol. The molecule has 2 N–H and O–H groups in total. The molecule has 3 aliphatic rings. The molecule has 1 fully saturated rings. The molecule has 1 amide bonds. The second-order valence-corrected chi connectivity index (χ2v) is 15.8. The summed E-state index contributed by atoms with van der Waals surface area (Å²) in [6.07, 6.45) is 11.2. The van der Waals surface area contributed by atoms with E-state index in [1.54, 1.807) is 35.3 Å². The van der Waals surface area contributed by atoms with E-state index in [2.05, 4.69) is 19.2 Å². The van der Waals surface area contributed by atoms with Gasteiger partial charge in [0.15, 0.2) is 0 Å². The topological polar surface area (TPSA) is 119 Å². The van der Waals surface area contributed by atoms with Crippen LogP contribution in [0.2, 0.25) is 0 Å². The third-order valence-corrected chi connectivity index (χ3v) is 11.9. The van der Waals surface area contributed by atoms with Crippen molar-refractivity contribution >= 4 is 11.8 Å². The molecule has 0 spiro atoms. The maximum absolute atomic E-state index is 14.7. The van der Waals surface area contributed by atoms with Crippen LogP contribution in [0.1, 0.15) is 87.3 Å². The molecule has 1 saturated carbocycles. The van der Waals surface area contributed by atoms with Crippen LogP contribution >= 0.6 is 0 Å². The molecule has 6 atom stereocenters. The number of halogens is 1. The molecule has 2 aliphatic carbocycles. The molecule has 0 bridgehead atoms. The number of hydrogen-bond donors (Lipinski definition) is 2. The minimum absolute atomic E-state index is 0.0320. The SMILES string of the molecule is C=CCCOC(=O)N(CCC)C1CC(=NOCc2ccccc2)C2=CC(CCCCO)C(CCCCO)C3c4cc(OCc5ccccc5F)ccc4OC1(OCC=C)C23. The van der Waals surface area contributed by atoms with Gasteiger partial charge in [-0.15, -0.1) is 13.2 Å². The molecule has 60 heavy (non-hydrogen) atoms. The van der Waals surface area contributed by atoms with E-state index in [4.69, 9.17) is 28.9 Å². The molecule has 0 saturated heterocycles. The van der Waals surface area contributed by atoms with Crippen LogP contribution < -0.4 is 9.47 Å². The Labute approximate surface area is 354 Å². The predicted molar refractivity (Wildman–Crippen MR) is 230 cm³/mol. The number of fused-ring (bicyclic) bond motifs is 2. The molecular formula is C49H61FN2O8. The van der Waals surface area contributed by atoms with Crippen molar-refractivity contribution in [3.8, 4) is 11.5 Å². The summed E-state index contributed by atoms with van der Waals surface area (Å²) in [6.45, 7) is 11.0. The van der Waals surface area contributed by atoms with Gasteiger partial charge in [-0.1, -0.05) is 91.7 Å². The highest BCUT2D eigenvalue weighted by Crippen LogP contribution is 2.62. The lowest BCUT2D eigenvalue weighted by Crippen LogP contribution is -2.70. The first-order valence-electron chi connectivity index (χ1n) is 21.5. The molecule has 1 heterocycles. The van der Waals surface area contributed by atoms with Crippen LogP contribution in [-0.4, -0.2) is 71.7 Å². The van der Waals surface area contributed by atoms with Crippen molar-refractivity contribution in [2.24, 2.45) is 22.9 Å². The van der Waals surface area contributed by atoms with Crippen molar-refractivity contribution in [3.63, 3.8) is 0 Å². The Kier molecular flexibility index (Phi) is 16.4. The van der Waals surface area contributed by atoms with Crippen LogP contribution in [0.5, 0.6) is 11.5 Å². The second kappa shape index (κ2) is 22.0. The number of rotatable bonds is 23. The van der Waals surface area contributed by atoms with Crippen LogP contribution in [0, 0.1) is 23.6 Å². The number of oxime groups is 1. The lowest BCUT2D eigenvalue weighted by molar-refractivity contribution is -0.255. The number of aliphatic hydroxyl groups excluding tert-OH is 2. The number of hydrogen-bond acceptors (Lipinski definition) is 9. The molecule has 0 aromatic heterocycles. The number of unbranched alkanes of at least 4 members (excludes halogenated alkanes) is 2. The molecule has 10 nitrogen and oxygen atoms in total. The molecule has 0 radical (unpaired) electrons. The summed E-state index contributed by atoms with van der Waals surface area (Å²) in [5, 5.41) is 24.7. The van der Waals surface area contributed by atoms with Crippen molar-refractivity contribution in [1.82, 2.24) is 4.90 Å². The van der Waals surface area contributed by atoms with E-state index >= 15 is 0 Å². The van der Waals surface area contributed by atoms with E-state index in [1.165, 1.54) is 6.07 Å². The summed E-state index contributed by atoms with van der Waals surface area (Å²) >= 11 is 0. The fourth-order valence-corrected chi connectivity index (χ4v) is 9.20. The zero-order valence-corrected chi connectivity index (χ0v) is 34.9. The maximum Gasteiger partial charge on any atom is 0.410 e. The normalized spacial score (nSPS) is 23.4. The minimum atomic E-state index is -1.41. The highest BCUT2D eigenvalue weighted by molar-refractivity contribution is 6.03. The Morgan fingerprint density at radius 3 is 2.48 bits per heavy atom. The fraction of sp³-hybridized carbons (Fsp3) is 0.469. The van der Waals surface area contributed by atoms with Gasteiger partial charge < -0.3 is 34.0 Å². The van der Waals surface area contributed by atoms with E-state index in [0.717, 1.165) is 42.4 Å². The molecule has 11 heteroatoms. The molecular weight excluding hydrogens is 764 g/mol. The van der Waals surface area contributed by atoms with Crippen molar-refractivity contribution in [2.45, 2.75) is 95.7 Å². The number of amides is 1. The van der Waals surface area contributed by atoms with Gasteiger partial charge in [-0.2, -0.15) is 0 Å². The number of allylic oxidation sites excluding steroid dienone is 1. The highest BCUT2D eigenvalue weighted by Gasteiger charge is 2.65. The Balaban J connectivity index is 1.55. The minimum Gasteiger partial charge on any atom is -0.489 e. The molecule has 3 aromatic carbocycles. The summed E-state index contributed by atoms with van der Waals surface area (Å²) in [4.78, 5) is 22.2. The summed E-state index contributed by atoms with van der Waals surface area (Å²) in [6, 6.07) is 21.4. The molecule has 6 rings (SSSR count). The van der Waals surface area contributed by atoms with Gasteiger partial charge in [-0.05, 0) is 85.8 Å². The number of benzene rings is 3. The third-order valence-electron chi connectivity index (χ3n) is 11.9. The van der Waals surface area contributed by atoms with Crippen LogP contribution in [0.15, 0.2) is 115 Å². The van der Waals surface area contributed by atoms with Gasteiger partial charge in [-0.25, -0.2) is 9.18 Å². The summed E-state index contributed by atoms with van der Waals surface area (Å²) < 4.78 is 41.2. The Morgan fingerprint density at radius 1 is 0.983 bits per heavy atom. The number of ether oxygens (including phenoxy) is 4. The number of carbonyl (C=O) groups excluding carboxylic acids is 1. The Hall–Kier alpha value is -4.97. The second-order valence-electron chi connectivity index (χ2n) is 15.8. The quantitative estimate of drug-likeness (QED) is 0.0552. The number of aliphatic hydroxyl groups is 2. The van der Waals surface area contributed by atoms with Gasteiger partial charge >= 0.3 is 6.09 Å². The summed E-state index contributed by atoms with van der Waals surface area (Å²) in [7, 11) is 0. The van der Waals surface area contributed by atoms with Crippen LogP contribution in [0.25, 0.3) is 0 Å².